The molecule has 2 aromatic rings. The quantitative estimate of drug-likeness (QED) is 0.519. The molecule has 0 fully saturated rings. The van der Waals surface area contributed by atoms with Crippen LogP contribution in [0.3, 0.4) is 0 Å². The lowest BCUT2D eigenvalue weighted by Gasteiger charge is -2.09. The Morgan fingerprint density at radius 2 is 1.72 bits per heavy atom. The van der Waals surface area contributed by atoms with E-state index in [1.165, 1.54) is 4.90 Å². The SMILES string of the molecule is CN=C(N)c1ccccc1-c1ccc(SC)cc1. The topological polar surface area (TPSA) is 38.4 Å². The molecule has 2 N–H and O–H groups in total. The minimum atomic E-state index is 0.569. The van der Waals surface area contributed by atoms with E-state index >= 15 is 0 Å². The number of hydrogen-bond acceptors (Lipinski definition) is 2. The summed E-state index contributed by atoms with van der Waals surface area (Å²) in [6.45, 7) is 0. The Labute approximate surface area is 112 Å². The first-order valence-corrected chi connectivity index (χ1v) is 6.95. The van der Waals surface area contributed by atoms with Gasteiger partial charge in [-0.2, -0.15) is 0 Å². The molecule has 0 spiro atoms. The summed E-state index contributed by atoms with van der Waals surface area (Å²) in [6, 6.07) is 16.5. The highest BCUT2D eigenvalue weighted by molar-refractivity contribution is 7.98. The number of rotatable bonds is 3. The van der Waals surface area contributed by atoms with Crippen LogP contribution in [-0.2, 0) is 0 Å². The lowest BCUT2D eigenvalue weighted by atomic mass is 9.99. The average Bonchev–Trinajstić information content (AvgIpc) is 2.46. The van der Waals surface area contributed by atoms with Crippen molar-refractivity contribution in [1.29, 1.82) is 0 Å². The van der Waals surface area contributed by atoms with Crippen molar-refractivity contribution in [1.82, 2.24) is 0 Å². The zero-order chi connectivity index (χ0) is 13.0. The van der Waals surface area contributed by atoms with Gasteiger partial charge < -0.3 is 5.73 Å². The molecule has 0 aliphatic carbocycles. The summed E-state index contributed by atoms with van der Waals surface area (Å²) in [7, 11) is 1.71. The third-order valence-electron chi connectivity index (χ3n) is 2.84. The van der Waals surface area contributed by atoms with Gasteiger partial charge in [0.25, 0.3) is 0 Å². The van der Waals surface area contributed by atoms with E-state index in [2.05, 4.69) is 41.6 Å². The predicted molar refractivity (Wildman–Crippen MR) is 80.3 cm³/mol. The highest BCUT2D eigenvalue weighted by atomic mass is 32.2. The molecule has 0 heterocycles. The molecule has 3 heteroatoms. The second-order valence-corrected chi connectivity index (χ2v) is 4.76. The van der Waals surface area contributed by atoms with Crippen LogP contribution < -0.4 is 5.73 Å². The molecule has 2 nitrogen and oxygen atoms in total. The van der Waals surface area contributed by atoms with Gasteiger partial charge in [0, 0.05) is 17.5 Å². The number of aliphatic imine (C=N–C) groups is 1. The van der Waals surface area contributed by atoms with Crippen LogP contribution in [0.2, 0.25) is 0 Å². The summed E-state index contributed by atoms with van der Waals surface area (Å²) in [5, 5.41) is 0. The smallest absolute Gasteiger partial charge is 0.125 e. The summed E-state index contributed by atoms with van der Waals surface area (Å²) < 4.78 is 0. The van der Waals surface area contributed by atoms with Gasteiger partial charge in [0.1, 0.15) is 5.84 Å². The molecule has 0 saturated heterocycles. The second-order valence-electron chi connectivity index (χ2n) is 3.88. The van der Waals surface area contributed by atoms with Crippen LogP contribution in [0.5, 0.6) is 0 Å². The minimum Gasteiger partial charge on any atom is -0.383 e. The highest BCUT2D eigenvalue weighted by Gasteiger charge is 2.07. The number of hydrogen-bond donors (Lipinski definition) is 1. The van der Waals surface area contributed by atoms with Gasteiger partial charge in [0.2, 0.25) is 0 Å². The van der Waals surface area contributed by atoms with Gasteiger partial charge in [-0.05, 0) is 29.5 Å². The minimum absolute atomic E-state index is 0.569. The van der Waals surface area contributed by atoms with Gasteiger partial charge in [-0.3, -0.25) is 4.99 Å². The molecule has 92 valence electrons. The van der Waals surface area contributed by atoms with Crippen molar-refractivity contribution in [3.8, 4) is 11.1 Å². The maximum Gasteiger partial charge on any atom is 0.125 e. The van der Waals surface area contributed by atoms with Crippen LogP contribution in [0.4, 0.5) is 0 Å². The predicted octanol–water partition coefficient (Wildman–Crippen LogP) is 3.41. The van der Waals surface area contributed by atoms with Gasteiger partial charge in [0.15, 0.2) is 0 Å². The fraction of sp³-hybridized carbons (Fsp3) is 0.133. The van der Waals surface area contributed by atoms with Crippen molar-refractivity contribution in [3.63, 3.8) is 0 Å². The Bertz CT molecular complexity index is 559. The average molecular weight is 256 g/mol. The van der Waals surface area contributed by atoms with Gasteiger partial charge in [-0.1, -0.05) is 36.4 Å². The molecule has 0 unspecified atom stereocenters. The van der Waals surface area contributed by atoms with Crippen LogP contribution in [0, 0.1) is 0 Å². The maximum absolute atomic E-state index is 5.93. The summed E-state index contributed by atoms with van der Waals surface area (Å²) in [5.74, 6) is 0.569. The largest absolute Gasteiger partial charge is 0.383 e. The Morgan fingerprint density at radius 3 is 2.33 bits per heavy atom. The normalized spacial score (nSPS) is 11.6. The summed E-state index contributed by atoms with van der Waals surface area (Å²) in [5.41, 5.74) is 9.20. The zero-order valence-corrected chi connectivity index (χ0v) is 11.4. The van der Waals surface area contributed by atoms with Crippen LogP contribution in [0.1, 0.15) is 5.56 Å². The number of nitrogens with two attached hydrogens (primary N) is 1. The van der Waals surface area contributed by atoms with E-state index in [9.17, 15) is 0 Å². The number of thioether (sulfide) groups is 1. The second kappa shape index (κ2) is 5.74. The highest BCUT2D eigenvalue weighted by Crippen LogP contribution is 2.25. The van der Waals surface area contributed by atoms with Gasteiger partial charge in [0.05, 0.1) is 0 Å². The first kappa shape index (κ1) is 12.7. The van der Waals surface area contributed by atoms with Gasteiger partial charge in [-0.15, -0.1) is 11.8 Å². The monoisotopic (exact) mass is 256 g/mol. The van der Waals surface area contributed by atoms with Crippen molar-refractivity contribution < 1.29 is 0 Å². The van der Waals surface area contributed by atoms with Crippen molar-refractivity contribution in [2.24, 2.45) is 10.7 Å². The third-order valence-corrected chi connectivity index (χ3v) is 3.59. The van der Waals surface area contributed by atoms with E-state index in [1.54, 1.807) is 18.8 Å². The number of nitrogens with zero attached hydrogens (tertiary/aromatic N) is 1. The van der Waals surface area contributed by atoms with Crippen LogP contribution >= 0.6 is 11.8 Å². The van der Waals surface area contributed by atoms with Crippen LogP contribution in [-0.4, -0.2) is 19.1 Å². The molecule has 2 aromatic carbocycles. The molecule has 2 rings (SSSR count). The molecule has 0 aromatic heterocycles. The third kappa shape index (κ3) is 2.57. The van der Waals surface area contributed by atoms with E-state index in [0.29, 0.717) is 5.84 Å². The standard InChI is InChI=1S/C15H16N2S/c1-17-15(16)14-6-4-3-5-13(14)11-7-9-12(18-2)10-8-11/h3-10H,1-2H3,(H2,16,17). The molecular formula is C15H16N2S. The molecular weight excluding hydrogens is 240 g/mol. The molecule has 0 aliphatic heterocycles. The number of benzene rings is 2. The lowest BCUT2D eigenvalue weighted by molar-refractivity contribution is 1.38. The molecule has 18 heavy (non-hydrogen) atoms. The van der Waals surface area contributed by atoms with Crippen molar-refractivity contribution in [2.75, 3.05) is 13.3 Å². The van der Waals surface area contributed by atoms with E-state index < -0.39 is 0 Å². The first-order valence-electron chi connectivity index (χ1n) is 5.72. The Kier molecular flexibility index (Phi) is 4.05. The zero-order valence-electron chi connectivity index (χ0n) is 10.6. The van der Waals surface area contributed by atoms with E-state index in [1.807, 2.05) is 18.2 Å². The summed E-state index contributed by atoms with van der Waals surface area (Å²) in [4.78, 5) is 5.33. The summed E-state index contributed by atoms with van der Waals surface area (Å²) in [6.07, 6.45) is 2.07. The molecule has 0 bridgehead atoms. The first-order chi connectivity index (χ1) is 8.76. The van der Waals surface area contributed by atoms with Crippen LogP contribution in [0.15, 0.2) is 58.4 Å². The van der Waals surface area contributed by atoms with Crippen molar-refractivity contribution in [3.05, 3.63) is 54.1 Å². The van der Waals surface area contributed by atoms with Crippen LogP contribution in [0.25, 0.3) is 11.1 Å². The number of amidine groups is 1. The molecule has 0 radical (unpaired) electrons. The fourth-order valence-electron chi connectivity index (χ4n) is 1.85. The Hall–Kier alpha value is -1.74. The maximum atomic E-state index is 5.93. The Morgan fingerprint density at radius 1 is 1.06 bits per heavy atom. The van der Waals surface area contributed by atoms with Crippen molar-refractivity contribution in [2.45, 2.75) is 4.90 Å². The molecule has 0 aliphatic rings. The van der Waals surface area contributed by atoms with E-state index in [-0.39, 0.29) is 0 Å². The molecule has 0 saturated carbocycles. The fourth-order valence-corrected chi connectivity index (χ4v) is 2.26. The van der Waals surface area contributed by atoms with Gasteiger partial charge in [-0.25, -0.2) is 0 Å². The van der Waals surface area contributed by atoms with Gasteiger partial charge >= 0.3 is 0 Å². The Balaban J connectivity index is 2.49. The molecule has 0 amide bonds. The van der Waals surface area contributed by atoms with E-state index in [0.717, 1.165) is 16.7 Å². The van der Waals surface area contributed by atoms with Crippen molar-refractivity contribution >= 4 is 17.6 Å². The summed E-state index contributed by atoms with van der Waals surface area (Å²) >= 11 is 1.74. The molecule has 0 atom stereocenters. The van der Waals surface area contributed by atoms with E-state index in [4.69, 9.17) is 5.73 Å². The lowest BCUT2D eigenvalue weighted by Crippen LogP contribution is -2.14.